The first kappa shape index (κ1) is 29.4. The summed E-state index contributed by atoms with van der Waals surface area (Å²) in [4.78, 5) is 12.8. The molecule has 1 heterocycles. The van der Waals surface area contributed by atoms with Gasteiger partial charge in [-0.15, -0.1) is 0 Å². The number of halogens is 3. The van der Waals surface area contributed by atoms with Crippen molar-refractivity contribution in [3.8, 4) is 5.75 Å². The quantitative estimate of drug-likeness (QED) is 0.273. The van der Waals surface area contributed by atoms with Crippen LogP contribution in [0.4, 0.5) is 18.0 Å². The number of piperidine rings is 1. The first-order valence-corrected chi connectivity index (χ1v) is 14.9. The van der Waals surface area contributed by atoms with E-state index < -0.39 is 53.9 Å². The normalized spacial score (nSPS) is 22.2. The Morgan fingerprint density at radius 1 is 1.03 bits per heavy atom. The first-order chi connectivity index (χ1) is 15.9. The zero-order valence-corrected chi connectivity index (χ0v) is 22.4. The van der Waals surface area contributed by atoms with E-state index in [4.69, 9.17) is 4.43 Å². The zero-order valence-electron chi connectivity index (χ0n) is 20.6. The number of aliphatic hydroxyl groups is 1. The number of benzene rings is 1. The van der Waals surface area contributed by atoms with Crippen LogP contribution in [0.2, 0.25) is 16.6 Å². The summed E-state index contributed by atoms with van der Waals surface area (Å²) >= 11 is 0. The van der Waals surface area contributed by atoms with Gasteiger partial charge in [-0.3, -0.25) is 0 Å². The number of nitrogens with zero attached hydrogens (tertiary/aromatic N) is 1. The van der Waals surface area contributed by atoms with Crippen molar-refractivity contribution >= 4 is 24.5 Å². The van der Waals surface area contributed by atoms with Crippen LogP contribution in [-0.2, 0) is 14.5 Å². The highest BCUT2D eigenvalue weighted by molar-refractivity contribution is 7.88. The van der Waals surface area contributed by atoms with Crippen LogP contribution in [0, 0.1) is 0 Å². The van der Waals surface area contributed by atoms with Gasteiger partial charge in [0, 0.05) is 12.5 Å². The molecule has 1 amide bonds. The van der Waals surface area contributed by atoms with E-state index in [1.165, 1.54) is 12.1 Å². The van der Waals surface area contributed by atoms with Gasteiger partial charge in [-0.25, -0.2) is 4.79 Å². The Bertz CT molecular complexity index is 962. The maximum atomic E-state index is 12.6. The molecule has 2 N–H and O–H groups in total. The van der Waals surface area contributed by atoms with Crippen molar-refractivity contribution in [1.29, 1.82) is 0 Å². The van der Waals surface area contributed by atoms with Crippen LogP contribution in [0.15, 0.2) is 24.3 Å². The molecule has 2 rings (SSSR count). The molecule has 0 bridgehead atoms. The molecule has 1 saturated heterocycles. The smallest absolute Gasteiger partial charge is 0.465 e. The average molecular weight is 542 g/mol. The monoisotopic (exact) mass is 541 g/mol. The molecule has 200 valence electrons. The van der Waals surface area contributed by atoms with Crippen LogP contribution < -0.4 is 4.18 Å². The van der Waals surface area contributed by atoms with E-state index in [0.717, 1.165) is 17.0 Å². The van der Waals surface area contributed by atoms with Crippen molar-refractivity contribution < 1.29 is 45.2 Å². The molecular weight excluding hydrogens is 507 g/mol. The topological polar surface area (TPSA) is 113 Å². The molecule has 13 heteroatoms. The molecule has 0 unspecified atom stereocenters. The van der Waals surface area contributed by atoms with Crippen molar-refractivity contribution in [3.63, 3.8) is 0 Å². The third kappa shape index (κ3) is 6.12. The lowest BCUT2D eigenvalue weighted by molar-refractivity contribution is -0.0500. The van der Waals surface area contributed by atoms with Gasteiger partial charge in [-0.1, -0.05) is 53.7 Å². The Labute approximate surface area is 205 Å². The maximum Gasteiger partial charge on any atom is 0.534 e. The van der Waals surface area contributed by atoms with E-state index in [0.29, 0.717) is 5.56 Å². The van der Waals surface area contributed by atoms with Crippen molar-refractivity contribution in [2.45, 2.75) is 81.8 Å². The molecule has 0 radical (unpaired) electrons. The zero-order chi connectivity index (χ0) is 26.9. The van der Waals surface area contributed by atoms with Crippen LogP contribution in [0.25, 0.3) is 0 Å². The summed E-state index contributed by atoms with van der Waals surface area (Å²) in [5.74, 6) is -1.21. The highest BCUT2D eigenvalue weighted by atomic mass is 32.2. The molecule has 1 aromatic carbocycles. The number of likely N-dealkylation sites (tertiary alicyclic amines) is 1. The number of aliphatic hydroxyl groups excluding tert-OH is 1. The Balaban J connectivity index is 2.46. The van der Waals surface area contributed by atoms with E-state index in [1.807, 2.05) is 0 Å². The van der Waals surface area contributed by atoms with Gasteiger partial charge >= 0.3 is 21.7 Å². The van der Waals surface area contributed by atoms with E-state index in [-0.39, 0.29) is 29.7 Å². The number of hydrogen-bond donors (Lipinski definition) is 2. The number of carboxylic acid groups (broad SMARTS) is 1. The van der Waals surface area contributed by atoms with E-state index in [1.54, 1.807) is 0 Å². The molecule has 0 aromatic heterocycles. The van der Waals surface area contributed by atoms with E-state index >= 15 is 0 Å². The molecule has 1 aliphatic rings. The SMILES string of the molecule is CC(C)[Si](O[C@@H]1CN(C(=O)O)C[C@H](O)[C@H]1c1ccc(OS(=O)(=O)C(F)(F)F)cc1)(C(C)C)C(C)C. The van der Waals surface area contributed by atoms with Crippen LogP contribution >= 0.6 is 0 Å². The minimum Gasteiger partial charge on any atom is -0.465 e. The predicted octanol–water partition coefficient (Wildman–Crippen LogP) is 4.91. The second-order valence-electron chi connectivity index (χ2n) is 9.81. The molecule has 8 nitrogen and oxygen atoms in total. The van der Waals surface area contributed by atoms with Crippen LogP contribution in [0.5, 0.6) is 5.75 Å². The van der Waals surface area contributed by atoms with E-state index in [9.17, 15) is 36.6 Å². The van der Waals surface area contributed by atoms with Gasteiger partial charge in [0.15, 0.2) is 0 Å². The number of alkyl halides is 3. The molecule has 0 saturated carbocycles. The third-order valence-electron chi connectivity index (χ3n) is 6.71. The third-order valence-corrected chi connectivity index (χ3v) is 13.8. The molecule has 1 aliphatic heterocycles. The number of β-amino-alcohol motifs (C(OH)–C–C–N with tert-alkyl or cyclic N) is 1. The fourth-order valence-corrected chi connectivity index (χ4v) is 11.3. The second-order valence-corrected chi connectivity index (χ2v) is 16.8. The Hall–Kier alpha value is -1.83. The molecule has 1 aromatic rings. The van der Waals surface area contributed by atoms with Gasteiger partial charge < -0.3 is 23.7 Å². The summed E-state index contributed by atoms with van der Waals surface area (Å²) in [5.41, 5.74) is -4.54. The van der Waals surface area contributed by atoms with Crippen LogP contribution in [-0.4, -0.2) is 68.7 Å². The summed E-state index contributed by atoms with van der Waals surface area (Å²) in [5, 5.41) is 20.5. The molecule has 1 fully saturated rings. The van der Waals surface area contributed by atoms with Crippen molar-refractivity contribution in [2.75, 3.05) is 13.1 Å². The lowest BCUT2D eigenvalue weighted by atomic mass is 9.85. The standard InChI is InChI=1S/C22H34F3NO7SSi/c1-13(2)35(14(3)4,15(5)6)33-19-12-26(21(28)29)11-18(27)20(19)16-7-9-17(10-8-16)32-34(30,31)22(23,24)25/h7-10,13-15,18-20,27H,11-12H2,1-6H3,(H,28,29)/t18-,19+,20+/m0/s1. The summed E-state index contributed by atoms with van der Waals surface area (Å²) in [6, 6.07) is 4.88. The molecule has 35 heavy (non-hydrogen) atoms. The first-order valence-electron chi connectivity index (χ1n) is 11.4. The van der Waals surface area contributed by atoms with E-state index in [2.05, 4.69) is 45.7 Å². The summed E-state index contributed by atoms with van der Waals surface area (Å²) in [6.45, 7) is 12.3. The van der Waals surface area contributed by atoms with Gasteiger partial charge in [0.1, 0.15) is 5.75 Å². The van der Waals surface area contributed by atoms with Crippen molar-refractivity contribution in [3.05, 3.63) is 29.8 Å². The molecule has 0 aliphatic carbocycles. The van der Waals surface area contributed by atoms with Crippen LogP contribution in [0.1, 0.15) is 53.0 Å². The number of amides is 1. The second kappa shape index (κ2) is 10.6. The lowest BCUT2D eigenvalue weighted by Crippen LogP contribution is -2.59. The minimum atomic E-state index is -5.82. The number of hydrogen-bond acceptors (Lipinski definition) is 6. The molecule has 3 atom stereocenters. The summed E-state index contributed by atoms with van der Waals surface area (Å²) < 4.78 is 71.5. The van der Waals surface area contributed by atoms with Gasteiger partial charge in [-0.2, -0.15) is 21.6 Å². The number of carbonyl (C=O) groups is 1. The fourth-order valence-electron chi connectivity index (χ4n) is 5.29. The minimum absolute atomic E-state index is 0.0126. The Kier molecular flexibility index (Phi) is 8.94. The summed E-state index contributed by atoms with van der Waals surface area (Å²) in [7, 11) is -8.33. The van der Waals surface area contributed by atoms with Gasteiger partial charge in [-0.05, 0) is 34.3 Å². The van der Waals surface area contributed by atoms with Crippen LogP contribution in [0.3, 0.4) is 0 Å². The van der Waals surface area contributed by atoms with Gasteiger partial charge in [0.25, 0.3) is 0 Å². The van der Waals surface area contributed by atoms with Gasteiger partial charge in [0.05, 0.1) is 18.8 Å². The fraction of sp³-hybridized carbons (Fsp3) is 0.682. The lowest BCUT2D eigenvalue weighted by Gasteiger charge is -2.49. The number of rotatable bonds is 8. The summed E-state index contributed by atoms with van der Waals surface area (Å²) in [6.07, 6.45) is -3.05. The Morgan fingerprint density at radius 2 is 1.51 bits per heavy atom. The van der Waals surface area contributed by atoms with Crippen molar-refractivity contribution in [2.24, 2.45) is 0 Å². The highest BCUT2D eigenvalue weighted by Crippen LogP contribution is 2.45. The molecule has 0 spiro atoms. The molecular formula is C22H34F3NO7SSi. The van der Waals surface area contributed by atoms with Crippen molar-refractivity contribution in [1.82, 2.24) is 4.90 Å². The highest BCUT2D eigenvalue weighted by Gasteiger charge is 2.51. The Morgan fingerprint density at radius 3 is 1.91 bits per heavy atom. The predicted molar refractivity (Wildman–Crippen MR) is 126 cm³/mol. The largest absolute Gasteiger partial charge is 0.534 e. The average Bonchev–Trinajstić information content (AvgIpc) is 2.70. The maximum absolute atomic E-state index is 12.6. The van der Waals surface area contributed by atoms with Gasteiger partial charge in [0.2, 0.25) is 8.32 Å².